The SMILES string of the molecule is COc1ccc(OC)c(C(Cl)c2coc(C)c2)c1. The number of ether oxygens (including phenoxy) is 2. The molecule has 1 unspecified atom stereocenters. The number of hydrogen-bond donors (Lipinski definition) is 0. The Balaban J connectivity index is 2.41. The largest absolute Gasteiger partial charge is 0.497 e. The van der Waals surface area contributed by atoms with Gasteiger partial charge in [0.1, 0.15) is 17.3 Å². The highest BCUT2D eigenvalue weighted by Crippen LogP contribution is 2.37. The Labute approximate surface area is 111 Å². The minimum absolute atomic E-state index is 0.326. The molecule has 2 aromatic rings. The summed E-state index contributed by atoms with van der Waals surface area (Å²) in [7, 11) is 3.24. The van der Waals surface area contributed by atoms with Gasteiger partial charge in [-0.2, -0.15) is 0 Å². The first-order valence-corrected chi connectivity index (χ1v) is 6.00. The fourth-order valence-corrected chi connectivity index (χ4v) is 2.10. The molecule has 3 nitrogen and oxygen atoms in total. The Hall–Kier alpha value is -1.61. The van der Waals surface area contributed by atoms with Gasteiger partial charge < -0.3 is 13.9 Å². The van der Waals surface area contributed by atoms with Gasteiger partial charge in [-0.3, -0.25) is 0 Å². The van der Waals surface area contributed by atoms with Gasteiger partial charge in [-0.05, 0) is 31.2 Å². The molecule has 0 saturated heterocycles. The number of aryl methyl sites for hydroxylation is 1. The van der Waals surface area contributed by atoms with Crippen LogP contribution in [0.15, 0.2) is 34.9 Å². The molecule has 0 aliphatic heterocycles. The normalized spacial score (nSPS) is 12.2. The van der Waals surface area contributed by atoms with Crippen molar-refractivity contribution in [2.75, 3.05) is 14.2 Å². The monoisotopic (exact) mass is 266 g/mol. The summed E-state index contributed by atoms with van der Waals surface area (Å²) in [5, 5.41) is -0.326. The third-order valence-corrected chi connectivity index (χ3v) is 3.24. The zero-order chi connectivity index (χ0) is 13.1. The highest BCUT2D eigenvalue weighted by atomic mass is 35.5. The third kappa shape index (κ3) is 2.46. The molecule has 0 N–H and O–H groups in total. The lowest BCUT2D eigenvalue weighted by atomic mass is 10.1. The number of benzene rings is 1. The van der Waals surface area contributed by atoms with E-state index in [2.05, 4.69) is 0 Å². The molecule has 18 heavy (non-hydrogen) atoms. The zero-order valence-electron chi connectivity index (χ0n) is 10.6. The first-order valence-electron chi connectivity index (χ1n) is 5.56. The summed E-state index contributed by atoms with van der Waals surface area (Å²) < 4.78 is 15.8. The topological polar surface area (TPSA) is 31.6 Å². The average Bonchev–Trinajstić information content (AvgIpc) is 2.83. The summed E-state index contributed by atoms with van der Waals surface area (Å²) in [6, 6.07) is 7.47. The van der Waals surface area contributed by atoms with E-state index >= 15 is 0 Å². The van der Waals surface area contributed by atoms with E-state index in [1.54, 1.807) is 20.5 Å². The lowest BCUT2D eigenvalue weighted by molar-refractivity contribution is 0.399. The van der Waals surface area contributed by atoms with Gasteiger partial charge >= 0.3 is 0 Å². The molecular weight excluding hydrogens is 252 g/mol. The van der Waals surface area contributed by atoms with Crippen LogP contribution in [0.25, 0.3) is 0 Å². The van der Waals surface area contributed by atoms with Crippen LogP contribution in [0, 0.1) is 6.92 Å². The van der Waals surface area contributed by atoms with Gasteiger partial charge in [0, 0.05) is 11.1 Å². The zero-order valence-corrected chi connectivity index (χ0v) is 11.3. The summed E-state index contributed by atoms with van der Waals surface area (Å²) in [4.78, 5) is 0. The van der Waals surface area contributed by atoms with Crippen LogP contribution in [0.5, 0.6) is 11.5 Å². The first kappa shape index (κ1) is 12.8. The molecule has 0 fully saturated rings. The van der Waals surface area contributed by atoms with Crippen molar-refractivity contribution in [1.29, 1.82) is 0 Å². The van der Waals surface area contributed by atoms with E-state index in [9.17, 15) is 0 Å². The predicted molar refractivity (Wildman–Crippen MR) is 70.7 cm³/mol. The van der Waals surface area contributed by atoms with Gasteiger partial charge in [0.25, 0.3) is 0 Å². The van der Waals surface area contributed by atoms with Crippen molar-refractivity contribution < 1.29 is 13.9 Å². The van der Waals surface area contributed by atoms with Crippen LogP contribution < -0.4 is 9.47 Å². The van der Waals surface area contributed by atoms with Crippen molar-refractivity contribution >= 4 is 11.6 Å². The van der Waals surface area contributed by atoms with Crippen LogP contribution in [0.3, 0.4) is 0 Å². The maximum Gasteiger partial charge on any atom is 0.124 e. The second-order valence-electron chi connectivity index (χ2n) is 3.96. The Morgan fingerprint density at radius 3 is 2.50 bits per heavy atom. The Morgan fingerprint density at radius 2 is 1.94 bits per heavy atom. The van der Waals surface area contributed by atoms with E-state index in [-0.39, 0.29) is 5.38 Å². The fourth-order valence-electron chi connectivity index (χ4n) is 1.81. The maximum absolute atomic E-state index is 6.46. The molecule has 1 heterocycles. The first-order chi connectivity index (χ1) is 8.65. The van der Waals surface area contributed by atoms with E-state index in [0.29, 0.717) is 0 Å². The number of halogens is 1. The van der Waals surface area contributed by atoms with E-state index in [0.717, 1.165) is 28.4 Å². The summed E-state index contributed by atoms with van der Waals surface area (Å²) in [6.45, 7) is 1.88. The Kier molecular flexibility index (Phi) is 3.82. The molecule has 0 bridgehead atoms. The molecule has 1 aromatic heterocycles. The maximum atomic E-state index is 6.46. The van der Waals surface area contributed by atoms with Gasteiger partial charge in [-0.15, -0.1) is 11.6 Å². The average molecular weight is 267 g/mol. The van der Waals surface area contributed by atoms with Crippen LogP contribution in [-0.2, 0) is 0 Å². The summed E-state index contributed by atoms with van der Waals surface area (Å²) in [5.41, 5.74) is 1.76. The number of alkyl halides is 1. The number of rotatable bonds is 4. The summed E-state index contributed by atoms with van der Waals surface area (Å²) in [6.07, 6.45) is 1.66. The molecule has 0 aliphatic rings. The van der Waals surface area contributed by atoms with E-state index < -0.39 is 0 Å². The van der Waals surface area contributed by atoms with Crippen molar-refractivity contribution in [3.63, 3.8) is 0 Å². The van der Waals surface area contributed by atoms with Crippen LogP contribution >= 0.6 is 11.6 Å². The highest BCUT2D eigenvalue weighted by molar-refractivity contribution is 6.22. The van der Waals surface area contributed by atoms with Crippen molar-refractivity contribution in [3.05, 3.63) is 47.4 Å². The van der Waals surface area contributed by atoms with Gasteiger partial charge in [0.2, 0.25) is 0 Å². The van der Waals surface area contributed by atoms with Gasteiger partial charge in [0.15, 0.2) is 0 Å². The molecule has 0 spiro atoms. The van der Waals surface area contributed by atoms with Crippen LogP contribution in [0.2, 0.25) is 0 Å². The van der Waals surface area contributed by atoms with Gasteiger partial charge in [0.05, 0.1) is 25.9 Å². The quantitative estimate of drug-likeness (QED) is 0.786. The Morgan fingerprint density at radius 1 is 1.17 bits per heavy atom. The lowest BCUT2D eigenvalue weighted by Gasteiger charge is -2.14. The van der Waals surface area contributed by atoms with Crippen molar-refractivity contribution in [1.82, 2.24) is 0 Å². The standard InChI is InChI=1S/C14H15ClO3/c1-9-6-10(8-18-9)14(15)12-7-11(16-2)4-5-13(12)17-3/h4-8,14H,1-3H3. The minimum Gasteiger partial charge on any atom is -0.497 e. The van der Waals surface area contributed by atoms with E-state index in [4.69, 9.17) is 25.5 Å². The fraction of sp³-hybridized carbons (Fsp3) is 0.286. The molecule has 0 amide bonds. The second-order valence-corrected chi connectivity index (χ2v) is 4.40. The number of furan rings is 1. The van der Waals surface area contributed by atoms with Crippen molar-refractivity contribution in [3.8, 4) is 11.5 Å². The van der Waals surface area contributed by atoms with Crippen LogP contribution in [-0.4, -0.2) is 14.2 Å². The third-order valence-electron chi connectivity index (χ3n) is 2.75. The molecule has 4 heteroatoms. The van der Waals surface area contributed by atoms with Crippen LogP contribution in [0.1, 0.15) is 22.3 Å². The van der Waals surface area contributed by atoms with Crippen molar-refractivity contribution in [2.45, 2.75) is 12.3 Å². The van der Waals surface area contributed by atoms with Gasteiger partial charge in [-0.25, -0.2) is 0 Å². The molecule has 1 atom stereocenters. The predicted octanol–water partition coefficient (Wildman–Crippen LogP) is 3.93. The lowest BCUT2D eigenvalue weighted by Crippen LogP contribution is -1.97. The van der Waals surface area contributed by atoms with Crippen LogP contribution in [0.4, 0.5) is 0 Å². The minimum atomic E-state index is -0.326. The molecule has 0 aliphatic carbocycles. The second kappa shape index (κ2) is 5.36. The molecule has 1 aromatic carbocycles. The van der Waals surface area contributed by atoms with E-state index in [1.807, 2.05) is 31.2 Å². The smallest absolute Gasteiger partial charge is 0.124 e. The molecular formula is C14H15ClO3. The molecule has 0 radical (unpaired) electrons. The molecule has 2 rings (SSSR count). The van der Waals surface area contributed by atoms with Gasteiger partial charge in [-0.1, -0.05) is 0 Å². The number of hydrogen-bond acceptors (Lipinski definition) is 3. The number of methoxy groups -OCH3 is 2. The summed E-state index contributed by atoms with van der Waals surface area (Å²) in [5.74, 6) is 2.31. The molecule has 96 valence electrons. The highest BCUT2D eigenvalue weighted by Gasteiger charge is 2.18. The molecule has 0 saturated carbocycles. The van der Waals surface area contributed by atoms with E-state index in [1.165, 1.54) is 0 Å². The Bertz CT molecular complexity index is 534. The van der Waals surface area contributed by atoms with Crippen molar-refractivity contribution in [2.24, 2.45) is 0 Å². The summed E-state index contributed by atoms with van der Waals surface area (Å²) >= 11 is 6.46.